The molecule has 1 atom stereocenters. The molecule has 4 nitrogen and oxygen atoms in total. The van der Waals surface area contributed by atoms with Crippen LogP contribution in [0.1, 0.15) is 29.8 Å². The molecule has 0 aromatic heterocycles. The van der Waals surface area contributed by atoms with Crippen molar-refractivity contribution in [1.82, 2.24) is 4.90 Å². The van der Waals surface area contributed by atoms with Gasteiger partial charge in [-0.1, -0.05) is 6.92 Å². The lowest BCUT2D eigenvalue weighted by molar-refractivity contribution is -0.141. The molecular weight excluding hydrogens is 268 g/mol. The molecule has 0 aliphatic heterocycles. The lowest BCUT2D eigenvalue weighted by atomic mass is 10.1. The van der Waals surface area contributed by atoms with Gasteiger partial charge in [-0.05, 0) is 25.5 Å². The quantitative estimate of drug-likeness (QED) is 0.904. The van der Waals surface area contributed by atoms with Crippen LogP contribution in [0, 0.1) is 24.5 Å². The van der Waals surface area contributed by atoms with Crippen molar-refractivity contribution in [1.29, 1.82) is 0 Å². The van der Waals surface area contributed by atoms with E-state index in [1.807, 2.05) is 0 Å². The highest BCUT2D eigenvalue weighted by Crippen LogP contribution is 2.17. The van der Waals surface area contributed by atoms with Crippen molar-refractivity contribution in [2.75, 3.05) is 13.1 Å². The van der Waals surface area contributed by atoms with Gasteiger partial charge in [0.05, 0.1) is 11.5 Å². The summed E-state index contributed by atoms with van der Waals surface area (Å²) in [6.45, 7) is 4.78. The first-order valence-corrected chi connectivity index (χ1v) is 6.25. The van der Waals surface area contributed by atoms with E-state index in [0.717, 1.165) is 6.07 Å². The molecule has 0 aliphatic carbocycles. The number of aliphatic carboxylic acids is 1. The van der Waals surface area contributed by atoms with Crippen LogP contribution < -0.4 is 0 Å². The molecule has 0 spiro atoms. The van der Waals surface area contributed by atoms with E-state index in [9.17, 15) is 18.4 Å². The lowest BCUT2D eigenvalue weighted by Crippen LogP contribution is -2.37. The van der Waals surface area contributed by atoms with Gasteiger partial charge in [-0.25, -0.2) is 8.78 Å². The molecule has 20 heavy (non-hydrogen) atoms. The van der Waals surface area contributed by atoms with E-state index in [0.29, 0.717) is 6.07 Å². The normalized spacial score (nSPS) is 12.1. The van der Waals surface area contributed by atoms with Crippen molar-refractivity contribution in [2.24, 2.45) is 5.92 Å². The average Bonchev–Trinajstić information content (AvgIpc) is 2.38. The Kier molecular flexibility index (Phi) is 5.19. The van der Waals surface area contributed by atoms with Crippen molar-refractivity contribution in [3.63, 3.8) is 0 Å². The minimum atomic E-state index is -1.04. The Morgan fingerprint density at radius 1 is 1.30 bits per heavy atom. The zero-order valence-electron chi connectivity index (χ0n) is 11.6. The first-order chi connectivity index (χ1) is 9.27. The third-order valence-electron chi connectivity index (χ3n) is 3.06. The van der Waals surface area contributed by atoms with Crippen LogP contribution in [0.3, 0.4) is 0 Å². The van der Waals surface area contributed by atoms with Gasteiger partial charge in [-0.15, -0.1) is 0 Å². The van der Waals surface area contributed by atoms with Crippen LogP contribution in [0.5, 0.6) is 0 Å². The molecule has 1 aromatic carbocycles. The number of benzene rings is 1. The van der Waals surface area contributed by atoms with E-state index >= 15 is 0 Å². The van der Waals surface area contributed by atoms with Gasteiger partial charge >= 0.3 is 5.97 Å². The maximum absolute atomic E-state index is 13.7. The molecule has 1 rings (SSSR count). The molecule has 0 radical (unpaired) electrons. The topological polar surface area (TPSA) is 57.6 Å². The van der Waals surface area contributed by atoms with Crippen molar-refractivity contribution in [3.05, 3.63) is 34.9 Å². The summed E-state index contributed by atoms with van der Waals surface area (Å²) in [4.78, 5) is 24.2. The number of halogens is 2. The number of carboxylic acids is 1. The summed E-state index contributed by atoms with van der Waals surface area (Å²) >= 11 is 0. The highest BCUT2D eigenvalue weighted by atomic mass is 19.1. The molecule has 1 N–H and O–H groups in total. The number of rotatable bonds is 5. The van der Waals surface area contributed by atoms with Crippen molar-refractivity contribution >= 4 is 11.9 Å². The monoisotopic (exact) mass is 285 g/mol. The standard InChI is InChI=1S/C14H17F2NO3/c1-4-17(7-9(3)14(19)20)13(18)10-5-8(2)11(15)6-12(10)16/h5-6,9H,4,7H2,1-3H3,(H,19,20). The molecule has 0 saturated heterocycles. The van der Waals surface area contributed by atoms with Crippen LogP contribution in [-0.4, -0.2) is 35.0 Å². The van der Waals surface area contributed by atoms with Gasteiger partial charge in [0.2, 0.25) is 0 Å². The minimum absolute atomic E-state index is 0.0273. The van der Waals surface area contributed by atoms with Gasteiger partial charge in [0.1, 0.15) is 11.6 Å². The van der Waals surface area contributed by atoms with E-state index in [1.54, 1.807) is 6.92 Å². The highest BCUT2D eigenvalue weighted by molar-refractivity contribution is 5.95. The average molecular weight is 285 g/mol. The molecule has 0 fully saturated rings. The van der Waals surface area contributed by atoms with Crippen LogP contribution in [-0.2, 0) is 4.79 Å². The zero-order valence-corrected chi connectivity index (χ0v) is 11.6. The van der Waals surface area contributed by atoms with Crippen molar-refractivity contribution in [2.45, 2.75) is 20.8 Å². The zero-order chi connectivity index (χ0) is 15.4. The minimum Gasteiger partial charge on any atom is -0.481 e. The Morgan fingerprint density at radius 2 is 1.90 bits per heavy atom. The molecule has 0 heterocycles. The Morgan fingerprint density at radius 3 is 2.40 bits per heavy atom. The summed E-state index contributed by atoms with van der Waals surface area (Å²) in [5.41, 5.74) is -0.0829. The second-order valence-corrected chi connectivity index (χ2v) is 4.66. The predicted octanol–water partition coefficient (Wildman–Crippen LogP) is 2.46. The maximum atomic E-state index is 13.7. The SMILES string of the molecule is CCN(CC(C)C(=O)O)C(=O)c1cc(C)c(F)cc1F. The molecular formula is C14H17F2NO3. The Labute approximate surface area is 116 Å². The number of nitrogens with zero attached hydrogens (tertiary/aromatic N) is 1. The fraction of sp³-hybridized carbons (Fsp3) is 0.429. The molecule has 1 amide bonds. The van der Waals surface area contributed by atoms with Gasteiger partial charge in [0, 0.05) is 19.2 Å². The summed E-state index contributed by atoms with van der Waals surface area (Å²) in [6.07, 6.45) is 0. The number of hydrogen-bond acceptors (Lipinski definition) is 2. The summed E-state index contributed by atoms with van der Waals surface area (Å²) in [6, 6.07) is 1.80. The molecule has 0 aliphatic rings. The lowest BCUT2D eigenvalue weighted by Gasteiger charge is -2.23. The van der Waals surface area contributed by atoms with E-state index < -0.39 is 29.4 Å². The summed E-state index contributed by atoms with van der Waals surface area (Å²) in [5.74, 6) is -4.10. The molecule has 0 saturated carbocycles. The summed E-state index contributed by atoms with van der Waals surface area (Å²) in [7, 11) is 0. The molecule has 0 bridgehead atoms. The summed E-state index contributed by atoms with van der Waals surface area (Å²) in [5, 5.41) is 8.85. The molecule has 6 heteroatoms. The van der Waals surface area contributed by atoms with Crippen molar-refractivity contribution < 1.29 is 23.5 Å². The molecule has 110 valence electrons. The largest absolute Gasteiger partial charge is 0.481 e. The fourth-order valence-electron chi connectivity index (χ4n) is 1.76. The first-order valence-electron chi connectivity index (χ1n) is 6.25. The summed E-state index contributed by atoms with van der Waals surface area (Å²) < 4.78 is 26.8. The molecule has 1 unspecified atom stereocenters. The Balaban J connectivity index is 3.03. The second kappa shape index (κ2) is 6.45. The highest BCUT2D eigenvalue weighted by Gasteiger charge is 2.23. The third kappa shape index (κ3) is 3.53. The number of hydrogen-bond donors (Lipinski definition) is 1. The van der Waals surface area contributed by atoms with Gasteiger partial charge in [0.25, 0.3) is 5.91 Å². The second-order valence-electron chi connectivity index (χ2n) is 4.66. The Bertz CT molecular complexity index is 531. The number of carbonyl (C=O) groups excluding carboxylic acids is 1. The Hall–Kier alpha value is -1.98. The van der Waals surface area contributed by atoms with Gasteiger partial charge in [-0.2, -0.15) is 0 Å². The van der Waals surface area contributed by atoms with Gasteiger partial charge in [-0.3, -0.25) is 9.59 Å². The predicted molar refractivity (Wildman–Crippen MR) is 69.5 cm³/mol. The van der Waals surface area contributed by atoms with Crippen LogP contribution >= 0.6 is 0 Å². The van der Waals surface area contributed by atoms with Gasteiger partial charge in [0.15, 0.2) is 0 Å². The number of amides is 1. The van der Waals surface area contributed by atoms with Crippen LogP contribution in [0.25, 0.3) is 0 Å². The fourth-order valence-corrected chi connectivity index (χ4v) is 1.76. The van der Waals surface area contributed by atoms with Crippen molar-refractivity contribution in [3.8, 4) is 0 Å². The van der Waals surface area contributed by atoms with E-state index in [1.165, 1.54) is 18.7 Å². The van der Waals surface area contributed by atoms with E-state index in [4.69, 9.17) is 5.11 Å². The van der Waals surface area contributed by atoms with Crippen LogP contribution in [0.15, 0.2) is 12.1 Å². The number of carbonyl (C=O) groups is 2. The smallest absolute Gasteiger partial charge is 0.308 e. The van der Waals surface area contributed by atoms with E-state index in [-0.39, 0.29) is 24.2 Å². The molecule has 1 aromatic rings. The maximum Gasteiger partial charge on any atom is 0.308 e. The third-order valence-corrected chi connectivity index (χ3v) is 3.06. The van der Waals surface area contributed by atoms with Gasteiger partial charge < -0.3 is 10.0 Å². The first kappa shape index (κ1) is 16.1. The van der Waals surface area contributed by atoms with Crippen LogP contribution in [0.2, 0.25) is 0 Å². The number of carboxylic acid groups (broad SMARTS) is 1. The van der Waals surface area contributed by atoms with Crippen LogP contribution in [0.4, 0.5) is 8.78 Å². The van der Waals surface area contributed by atoms with E-state index in [2.05, 4.69) is 0 Å². The number of aryl methyl sites for hydroxylation is 1.